The smallest absolute Gasteiger partial charge is 0.176 e. The molecule has 3 rings (SSSR count). The molecule has 238 valence electrons. The molecule has 8 heteroatoms. The van der Waals surface area contributed by atoms with Gasteiger partial charge in [-0.05, 0) is 99.6 Å². The molecule has 2 N–H and O–H groups in total. The van der Waals surface area contributed by atoms with E-state index in [0.717, 1.165) is 36.1 Å². The molecule has 0 aliphatic rings. The second kappa shape index (κ2) is 17.4. The van der Waals surface area contributed by atoms with Crippen LogP contribution in [0.25, 0.3) is 6.08 Å². The van der Waals surface area contributed by atoms with Crippen molar-refractivity contribution in [2.24, 2.45) is 0 Å². The van der Waals surface area contributed by atoms with Gasteiger partial charge in [-0.15, -0.1) is 6.42 Å². The van der Waals surface area contributed by atoms with E-state index in [1.807, 2.05) is 18.2 Å². The summed E-state index contributed by atoms with van der Waals surface area (Å²) in [4.78, 5) is 0. The molecule has 0 aliphatic carbocycles. The van der Waals surface area contributed by atoms with E-state index in [1.54, 1.807) is 24.3 Å². The summed E-state index contributed by atoms with van der Waals surface area (Å²) in [6.07, 6.45) is 9.63. The zero-order valence-corrected chi connectivity index (χ0v) is 32.5. The van der Waals surface area contributed by atoms with Crippen LogP contribution in [0.5, 0.6) is 0 Å². The van der Waals surface area contributed by atoms with Gasteiger partial charge < -0.3 is 18.4 Å². The van der Waals surface area contributed by atoms with E-state index >= 15 is 0 Å². The second-order valence-corrected chi connectivity index (χ2v) is 27.3. The number of rotatable bonds is 14. The summed E-state index contributed by atoms with van der Waals surface area (Å²) in [5.74, 6) is 2.56. The van der Waals surface area contributed by atoms with E-state index in [-0.39, 0.29) is 6.61 Å². The molecule has 1 unspecified atom stereocenters. The van der Waals surface area contributed by atoms with Gasteiger partial charge in [-0.1, -0.05) is 91.4 Å². The fourth-order valence-corrected chi connectivity index (χ4v) is 18.1. The maximum Gasteiger partial charge on any atom is 0.176 e. The number of benzene rings is 3. The van der Waals surface area contributed by atoms with Crippen molar-refractivity contribution >= 4 is 40.8 Å². The van der Waals surface area contributed by atoms with E-state index in [1.165, 1.54) is 11.1 Å². The highest BCUT2D eigenvalue weighted by molar-refractivity contribution is 6.84. The molecule has 0 aliphatic heterocycles. The van der Waals surface area contributed by atoms with Crippen molar-refractivity contribution in [2.45, 2.75) is 89.5 Å². The van der Waals surface area contributed by atoms with Gasteiger partial charge in [0, 0.05) is 11.1 Å². The number of aliphatic hydroxyl groups is 2. The first-order valence-electron chi connectivity index (χ1n) is 15.7. The number of aliphatic hydroxyl groups excluding tert-OH is 1. The zero-order valence-electron chi connectivity index (χ0n) is 28.2. The van der Waals surface area contributed by atoms with Crippen LogP contribution in [0.3, 0.4) is 0 Å². The molecule has 1 atom stereocenters. The minimum Gasteiger partial charge on any atom is -0.461 e. The Bertz CT molecular complexity index is 1320. The highest BCUT2D eigenvalue weighted by Gasteiger charge is 2.33. The maximum absolute atomic E-state index is 11.3. The number of hydrogen-bond donors (Lipinski definition) is 2. The molecule has 0 spiro atoms. The fraction of sp³-hybridized carbons (Fsp3) is 0.389. The van der Waals surface area contributed by atoms with E-state index in [9.17, 15) is 10.2 Å². The van der Waals surface area contributed by atoms with Crippen molar-refractivity contribution in [1.82, 2.24) is 0 Å². The molecule has 0 heterocycles. The monoisotopic (exact) mass is 662 g/mol. The van der Waals surface area contributed by atoms with Crippen LogP contribution in [-0.2, 0) is 33.3 Å². The fourth-order valence-electron chi connectivity index (χ4n) is 5.20. The van der Waals surface area contributed by atoms with Gasteiger partial charge in [0.2, 0.25) is 0 Å². The van der Waals surface area contributed by atoms with Gasteiger partial charge in [-0.2, -0.15) is 0 Å². The molecule has 0 bridgehead atoms. The third-order valence-corrected chi connectivity index (χ3v) is 19.2. The van der Waals surface area contributed by atoms with E-state index in [4.69, 9.17) is 14.7 Å². The molecule has 0 saturated heterocycles. The lowest BCUT2D eigenvalue weighted by atomic mass is 9.86. The molecule has 0 fully saturated rings. The Morgan fingerprint density at radius 1 is 0.750 bits per heavy atom. The average molecular weight is 663 g/mol. The van der Waals surface area contributed by atoms with E-state index in [0.29, 0.717) is 11.1 Å². The van der Waals surface area contributed by atoms with Gasteiger partial charge in [-0.3, -0.25) is 0 Å². The summed E-state index contributed by atoms with van der Waals surface area (Å²) in [6.45, 7) is 22.0. The van der Waals surface area contributed by atoms with Crippen LogP contribution in [0.4, 0.5) is 0 Å². The number of terminal acetylenes is 1. The summed E-state index contributed by atoms with van der Waals surface area (Å²) in [5.41, 5.74) is 4.27. The summed E-state index contributed by atoms with van der Waals surface area (Å²) in [7, 11) is -4.97. The molecule has 44 heavy (non-hydrogen) atoms. The van der Waals surface area contributed by atoms with Crippen molar-refractivity contribution < 1.29 is 18.4 Å². The molecule has 0 saturated carbocycles. The zero-order chi connectivity index (χ0) is 33.0. The van der Waals surface area contributed by atoms with Crippen LogP contribution in [-0.4, -0.2) is 44.9 Å². The number of aryl methyl sites for hydroxylation is 2. The lowest BCUT2D eigenvalue weighted by Crippen LogP contribution is -2.44. The van der Waals surface area contributed by atoms with Crippen LogP contribution in [0.2, 0.25) is 64.5 Å². The highest BCUT2D eigenvalue weighted by atomic mass is 28.4. The Balaban J connectivity index is 0.000000860. The van der Waals surface area contributed by atoms with Crippen LogP contribution >= 0.6 is 0 Å². The largest absolute Gasteiger partial charge is 0.461 e. The van der Waals surface area contributed by atoms with Crippen molar-refractivity contribution in [1.29, 1.82) is 0 Å². The Kier molecular flexibility index (Phi) is 15.0. The predicted octanol–water partition coefficient (Wildman–Crippen LogP) is 7.87. The standard InChI is InChI=1S/C32H40O3Si2.C4H14OSi2/c1-7-26-9-11-27(12-10-26)21-23-36(3,4)35-37(5,6)24-22-28-13-17-30(18-14-28)32(34,8-2)31-19-15-29(25-33)16-20-31;1-6(2)5-7(3)4/h2,7,9-20,33-34H,1,21-25H2,3-6H3;6-7H,1-4H3. The SMILES string of the molecule is C#CC(O)(c1ccc(CO)cc1)c1ccc(CC[Si](C)(C)O[Si](C)(C)CCc2ccc(C=C)cc2)cc1.C[SiH](C)O[SiH](C)C. The van der Waals surface area contributed by atoms with Crippen LogP contribution in [0.1, 0.15) is 33.4 Å². The Labute approximate surface area is 272 Å². The quantitative estimate of drug-likeness (QED) is 0.136. The van der Waals surface area contributed by atoms with Gasteiger partial charge in [-0.25, -0.2) is 0 Å². The van der Waals surface area contributed by atoms with Crippen molar-refractivity contribution in [3.63, 3.8) is 0 Å². The summed E-state index contributed by atoms with van der Waals surface area (Å²) >= 11 is 0. The van der Waals surface area contributed by atoms with Gasteiger partial charge >= 0.3 is 0 Å². The highest BCUT2D eigenvalue weighted by Crippen LogP contribution is 2.30. The van der Waals surface area contributed by atoms with Crippen molar-refractivity contribution in [3.05, 3.63) is 113 Å². The van der Waals surface area contributed by atoms with Crippen LogP contribution in [0.15, 0.2) is 79.4 Å². The Morgan fingerprint density at radius 2 is 1.14 bits per heavy atom. The van der Waals surface area contributed by atoms with Gasteiger partial charge in [0.05, 0.1) is 6.61 Å². The van der Waals surface area contributed by atoms with Gasteiger partial charge in [0.15, 0.2) is 40.3 Å². The predicted molar refractivity (Wildman–Crippen MR) is 199 cm³/mol. The summed E-state index contributed by atoms with van der Waals surface area (Å²) < 4.78 is 12.4. The first kappa shape index (κ1) is 37.9. The van der Waals surface area contributed by atoms with Gasteiger partial charge in [0.25, 0.3) is 0 Å². The minimum atomic E-state index is -1.85. The second-order valence-electron chi connectivity index (χ2n) is 13.2. The van der Waals surface area contributed by atoms with Crippen molar-refractivity contribution in [2.75, 3.05) is 0 Å². The van der Waals surface area contributed by atoms with Crippen molar-refractivity contribution in [3.8, 4) is 12.3 Å². The third-order valence-electron chi connectivity index (χ3n) is 7.48. The normalized spacial score (nSPS) is 13.2. The molecule has 3 aromatic rings. The van der Waals surface area contributed by atoms with Crippen LogP contribution in [0, 0.1) is 12.3 Å². The Morgan fingerprint density at radius 3 is 1.45 bits per heavy atom. The van der Waals surface area contributed by atoms with E-state index < -0.39 is 40.3 Å². The first-order valence-corrected chi connectivity index (χ1v) is 27.5. The molecule has 0 radical (unpaired) electrons. The van der Waals surface area contributed by atoms with E-state index in [2.05, 4.69) is 101 Å². The number of hydrogen-bond acceptors (Lipinski definition) is 4. The molecule has 0 aromatic heterocycles. The maximum atomic E-state index is 11.3. The molecular weight excluding hydrogens is 609 g/mol. The molecular formula is C36H54O4Si4. The molecule has 3 aromatic carbocycles. The summed E-state index contributed by atoms with van der Waals surface area (Å²) in [5, 5.41) is 20.5. The molecule has 4 nitrogen and oxygen atoms in total. The van der Waals surface area contributed by atoms with Crippen LogP contribution < -0.4 is 0 Å². The average Bonchev–Trinajstić information content (AvgIpc) is 2.98. The minimum absolute atomic E-state index is 0.0452. The summed E-state index contributed by atoms with van der Waals surface area (Å²) in [6, 6.07) is 25.8. The third kappa shape index (κ3) is 12.6. The molecule has 0 amide bonds. The topological polar surface area (TPSA) is 58.9 Å². The Hall–Kier alpha value is -2.33. The first-order chi connectivity index (χ1) is 20.6. The lowest BCUT2D eigenvalue weighted by molar-refractivity contribution is 0.145. The lowest BCUT2D eigenvalue weighted by Gasteiger charge is -2.34. The van der Waals surface area contributed by atoms with Gasteiger partial charge in [0.1, 0.15) is 0 Å².